The lowest BCUT2D eigenvalue weighted by molar-refractivity contribution is 0.166. The molecule has 40 heavy (non-hydrogen) atoms. The molecule has 0 bridgehead atoms. The summed E-state index contributed by atoms with van der Waals surface area (Å²) in [6.45, 7) is 2.14. The highest BCUT2D eigenvalue weighted by Gasteiger charge is 2.41. The third kappa shape index (κ3) is 21.7. The Morgan fingerprint density at radius 2 is 1.12 bits per heavy atom. The molecule has 6 unspecified atom stereocenters. The Hall–Kier alpha value is 1.06. The van der Waals surface area contributed by atoms with Gasteiger partial charge < -0.3 is 4.18 Å². The number of unbranched alkanes of at least 4 members (excludes halogenated alkanes) is 10. The van der Waals surface area contributed by atoms with Crippen molar-refractivity contribution < 1.29 is 34.3 Å². The number of halogens is 6. The SMILES string of the molecule is CCCCCCCCC(Cl)C(Cl)C(OS(=O)(=O)O)C(Cl)C(Cl)C(Cl)CCCCCCCCC(Cl)=COS(=O)(=O)O. The minimum absolute atomic E-state index is 0.185. The predicted molar refractivity (Wildman–Crippen MR) is 166 cm³/mol. The molecular weight excluding hydrogens is 693 g/mol. The summed E-state index contributed by atoms with van der Waals surface area (Å²) in [5.41, 5.74) is 0. The molecule has 0 aromatic rings. The van der Waals surface area contributed by atoms with Crippen LogP contribution in [-0.2, 0) is 29.2 Å². The van der Waals surface area contributed by atoms with Crippen LogP contribution in [0.2, 0.25) is 0 Å². The zero-order valence-corrected chi connectivity index (χ0v) is 28.7. The first-order valence-corrected chi connectivity index (χ1v) is 18.7. The topological polar surface area (TPSA) is 127 Å². The average molecular weight is 735 g/mol. The average Bonchev–Trinajstić information content (AvgIpc) is 2.87. The Morgan fingerprint density at radius 1 is 0.675 bits per heavy atom. The number of allylic oxidation sites excluding steroid dienone is 1. The lowest BCUT2D eigenvalue weighted by atomic mass is 9.99. The van der Waals surface area contributed by atoms with Crippen molar-refractivity contribution in [1.82, 2.24) is 0 Å². The molecule has 0 aromatic heterocycles. The van der Waals surface area contributed by atoms with Crippen molar-refractivity contribution in [3.05, 3.63) is 11.3 Å². The minimum Gasteiger partial charge on any atom is -0.369 e. The van der Waals surface area contributed by atoms with E-state index in [-0.39, 0.29) is 5.03 Å². The first-order chi connectivity index (χ1) is 18.6. The van der Waals surface area contributed by atoms with Gasteiger partial charge in [-0.05, 0) is 25.7 Å². The van der Waals surface area contributed by atoms with Crippen LogP contribution < -0.4 is 0 Å². The van der Waals surface area contributed by atoms with Gasteiger partial charge in [0.15, 0.2) is 0 Å². The van der Waals surface area contributed by atoms with Crippen molar-refractivity contribution in [1.29, 1.82) is 0 Å². The van der Waals surface area contributed by atoms with E-state index in [1.807, 2.05) is 0 Å². The molecule has 6 atom stereocenters. The Bertz CT molecular complexity index is 907. The van der Waals surface area contributed by atoms with Gasteiger partial charge in [-0.2, -0.15) is 16.8 Å². The van der Waals surface area contributed by atoms with Gasteiger partial charge in [0, 0.05) is 0 Å². The van der Waals surface area contributed by atoms with E-state index in [4.69, 9.17) is 78.3 Å². The maximum Gasteiger partial charge on any atom is 0.445 e. The van der Waals surface area contributed by atoms with Gasteiger partial charge in [-0.1, -0.05) is 89.2 Å². The van der Waals surface area contributed by atoms with Gasteiger partial charge in [-0.25, -0.2) is 4.18 Å². The summed E-state index contributed by atoms with van der Waals surface area (Å²) < 4.78 is 70.7. The number of alkyl halides is 5. The molecule has 0 aliphatic carbocycles. The molecule has 0 aliphatic heterocycles. The quantitative estimate of drug-likeness (QED) is 0.0412. The summed E-state index contributed by atoms with van der Waals surface area (Å²) in [6, 6.07) is 0. The van der Waals surface area contributed by atoms with Crippen LogP contribution in [-0.4, -0.2) is 58.9 Å². The fourth-order valence-electron chi connectivity index (χ4n) is 3.96. The van der Waals surface area contributed by atoms with E-state index < -0.39 is 53.8 Å². The maximum absolute atomic E-state index is 11.5. The molecule has 240 valence electrons. The lowest BCUT2D eigenvalue weighted by Crippen LogP contribution is -2.46. The Labute approximate surface area is 270 Å². The first-order valence-electron chi connectivity index (χ1n) is 13.4. The molecule has 0 fully saturated rings. The highest BCUT2D eigenvalue weighted by molar-refractivity contribution is 7.81. The Morgan fingerprint density at radius 3 is 1.60 bits per heavy atom. The van der Waals surface area contributed by atoms with Crippen molar-refractivity contribution in [2.24, 2.45) is 0 Å². The smallest absolute Gasteiger partial charge is 0.369 e. The van der Waals surface area contributed by atoms with Gasteiger partial charge >= 0.3 is 20.8 Å². The standard InChI is InChI=1S/C24H42Cl6O8S2/c1-2-3-4-5-9-13-16-20(27)22(29)24(38-40(34,35)36)23(30)21(28)19(26)15-12-10-7-6-8-11-14-18(25)17-37-39(31,32)33/h17,19-24H,2-16H2,1H3,(H,31,32,33)(H,34,35,36). The second kappa shape index (κ2) is 22.6. The Kier molecular flexibility index (Phi) is 23.1. The van der Waals surface area contributed by atoms with E-state index >= 15 is 0 Å². The van der Waals surface area contributed by atoms with E-state index in [9.17, 15) is 21.4 Å². The van der Waals surface area contributed by atoms with Crippen LogP contribution in [0.1, 0.15) is 103 Å². The molecule has 16 heteroatoms. The lowest BCUT2D eigenvalue weighted by Gasteiger charge is -2.31. The van der Waals surface area contributed by atoms with Crippen LogP contribution in [0.4, 0.5) is 0 Å². The van der Waals surface area contributed by atoms with Gasteiger partial charge in [0.2, 0.25) is 0 Å². The molecule has 0 saturated heterocycles. The van der Waals surface area contributed by atoms with Crippen LogP contribution in [0.3, 0.4) is 0 Å². The second-order valence-corrected chi connectivity index (χ2v) is 14.9. The van der Waals surface area contributed by atoms with Gasteiger partial charge in [-0.3, -0.25) is 9.11 Å². The molecule has 0 radical (unpaired) electrons. The first kappa shape index (κ1) is 41.1. The van der Waals surface area contributed by atoms with E-state index in [2.05, 4.69) is 11.1 Å². The highest BCUT2D eigenvalue weighted by Crippen LogP contribution is 2.33. The number of rotatable bonds is 25. The summed E-state index contributed by atoms with van der Waals surface area (Å²) >= 11 is 38.2. The summed E-state index contributed by atoms with van der Waals surface area (Å²) in [6.07, 6.45) is 12.2. The molecule has 0 amide bonds. The zero-order valence-electron chi connectivity index (χ0n) is 22.6. The Balaban J connectivity index is 4.59. The van der Waals surface area contributed by atoms with E-state index in [0.717, 1.165) is 76.9 Å². The van der Waals surface area contributed by atoms with Crippen LogP contribution in [0.15, 0.2) is 11.3 Å². The fraction of sp³-hybridized carbons (Fsp3) is 0.917. The van der Waals surface area contributed by atoms with Crippen molar-refractivity contribution in [3.8, 4) is 0 Å². The number of hydrogen-bond donors (Lipinski definition) is 2. The predicted octanol–water partition coefficient (Wildman–Crippen LogP) is 8.98. The summed E-state index contributed by atoms with van der Waals surface area (Å²) in [5, 5.41) is -4.16. The van der Waals surface area contributed by atoms with Crippen molar-refractivity contribution >= 4 is 90.4 Å². The van der Waals surface area contributed by atoms with E-state index in [0.29, 0.717) is 19.3 Å². The van der Waals surface area contributed by atoms with Gasteiger partial charge in [0.25, 0.3) is 0 Å². The van der Waals surface area contributed by atoms with Crippen molar-refractivity contribution in [2.45, 2.75) is 136 Å². The monoisotopic (exact) mass is 732 g/mol. The summed E-state index contributed by atoms with van der Waals surface area (Å²) in [7, 11) is -9.43. The highest BCUT2D eigenvalue weighted by atomic mass is 35.5. The molecular formula is C24H42Cl6O8S2. The maximum atomic E-state index is 11.5. The zero-order chi connectivity index (χ0) is 30.8. The number of hydrogen-bond acceptors (Lipinski definition) is 6. The van der Waals surface area contributed by atoms with E-state index in [1.165, 1.54) is 6.42 Å². The van der Waals surface area contributed by atoms with E-state index in [1.54, 1.807) is 0 Å². The van der Waals surface area contributed by atoms with Gasteiger partial charge in [0.05, 0.1) is 31.9 Å². The largest absolute Gasteiger partial charge is 0.445 e. The van der Waals surface area contributed by atoms with Crippen LogP contribution in [0, 0.1) is 0 Å². The molecule has 2 N–H and O–H groups in total. The van der Waals surface area contributed by atoms with Crippen LogP contribution >= 0.6 is 69.6 Å². The second-order valence-electron chi connectivity index (χ2n) is 9.66. The summed E-state index contributed by atoms with van der Waals surface area (Å²) in [4.78, 5) is 0. The van der Waals surface area contributed by atoms with Gasteiger partial charge in [-0.15, -0.1) is 58.0 Å². The molecule has 0 aliphatic rings. The molecule has 0 heterocycles. The van der Waals surface area contributed by atoms with Gasteiger partial charge in [0.1, 0.15) is 12.4 Å². The normalized spacial score (nSPS) is 17.7. The van der Waals surface area contributed by atoms with Crippen molar-refractivity contribution in [3.63, 3.8) is 0 Å². The van der Waals surface area contributed by atoms with Crippen LogP contribution in [0.5, 0.6) is 0 Å². The third-order valence-corrected chi connectivity index (χ3v) is 10.2. The van der Waals surface area contributed by atoms with Crippen LogP contribution in [0.25, 0.3) is 0 Å². The minimum atomic E-state index is -4.87. The van der Waals surface area contributed by atoms with Crippen molar-refractivity contribution in [2.75, 3.05) is 0 Å². The fourth-order valence-corrected chi connectivity index (χ4v) is 6.81. The molecule has 0 rings (SSSR count). The molecule has 0 spiro atoms. The molecule has 0 saturated carbocycles. The summed E-state index contributed by atoms with van der Waals surface area (Å²) in [5.74, 6) is 0. The molecule has 0 aromatic carbocycles. The molecule has 8 nitrogen and oxygen atoms in total. The third-order valence-electron chi connectivity index (χ3n) is 6.13.